The van der Waals surface area contributed by atoms with Crippen molar-refractivity contribution in [1.29, 1.82) is 0 Å². The summed E-state index contributed by atoms with van der Waals surface area (Å²) < 4.78 is 0. The largest absolute Gasteiger partial charge is 0.370 e. The lowest BCUT2D eigenvalue weighted by Gasteiger charge is -2.05. The summed E-state index contributed by atoms with van der Waals surface area (Å²) in [4.78, 5) is 8.50. The molecule has 0 amide bonds. The predicted molar refractivity (Wildman–Crippen MR) is 80.5 cm³/mol. The second kappa shape index (κ2) is 6.70. The van der Waals surface area contributed by atoms with Gasteiger partial charge in [0.2, 0.25) is 0 Å². The summed E-state index contributed by atoms with van der Waals surface area (Å²) in [5, 5.41) is 9.94. The fourth-order valence-electron chi connectivity index (χ4n) is 1.73. The summed E-state index contributed by atoms with van der Waals surface area (Å²) in [6.45, 7) is 4.52. The van der Waals surface area contributed by atoms with Crippen molar-refractivity contribution >= 4 is 11.6 Å². The summed E-state index contributed by atoms with van der Waals surface area (Å²) >= 11 is 0. The standard InChI is InChI=1S/C14H20N6/c1-3-10-5-7-11(8-6-10)17-14(15)16-9-13-18-12(4-2)19-20-13/h5-8H,3-4,9H2,1-2H3,(H3,15,16,17)(H,18,19,20). The number of benzene rings is 1. The number of hydrogen-bond acceptors (Lipinski definition) is 3. The van der Waals surface area contributed by atoms with Gasteiger partial charge in [-0.05, 0) is 24.1 Å². The molecule has 0 fully saturated rings. The van der Waals surface area contributed by atoms with Crippen molar-refractivity contribution < 1.29 is 0 Å². The van der Waals surface area contributed by atoms with E-state index in [2.05, 4.69) is 44.5 Å². The Labute approximate surface area is 118 Å². The second-order valence-corrected chi connectivity index (χ2v) is 4.43. The Kier molecular flexibility index (Phi) is 4.70. The topological polar surface area (TPSA) is 92.0 Å². The molecule has 0 saturated carbocycles. The highest BCUT2D eigenvalue weighted by Gasteiger charge is 2.00. The van der Waals surface area contributed by atoms with Crippen LogP contribution in [0, 0.1) is 0 Å². The van der Waals surface area contributed by atoms with E-state index in [4.69, 9.17) is 5.73 Å². The minimum Gasteiger partial charge on any atom is -0.370 e. The monoisotopic (exact) mass is 272 g/mol. The molecule has 0 spiro atoms. The number of nitrogens with zero attached hydrogens (tertiary/aromatic N) is 3. The van der Waals surface area contributed by atoms with Gasteiger partial charge in [-0.1, -0.05) is 26.0 Å². The van der Waals surface area contributed by atoms with Crippen LogP contribution in [0.15, 0.2) is 29.3 Å². The zero-order valence-electron chi connectivity index (χ0n) is 11.8. The lowest BCUT2D eigenvalue weighted by atomic mass is 10.1. The highest BCUT2D eigenvalue weighted by molar-refractivity contribution is 5.92. The molecule has 2 aromatic rings. The van der Waals surface area contributed by atoms with Crippen LogP contribution >= 0.6 is 0 Å². The molecular formula is C14H20N6. The van der Waals surface area contributed by atoms with Crippen molar-refractivity contribution in [2.24, 2.45) is 10.7 Å². The molecule has 0 aliphatic heterocycles. The summed E-state index contributed by atoms with van der Waals surface area (Å²) in [6.07, 6.45) is 1.83. The van der Waals surface area contributed by atoms with Gasteiger partial charge in [0.15, 0.2) is 11.8 Å². The predicted octanol–water partition coefficient (Wildman–Crippen LogP) is 1.86. The van der Waals surface area contributed by atoms with Crippen molar-refractivity contribution in [2.45, 2.75) is 33.2 Å². The van der Waals surface area contributed by atoms with E-state index in [0.717, 1.165) is 24.4 Å². The van der Waals surface area contributed by atoms with Gasteiger partial charge in [-0.25, -0.2) is 9.98 Å². The van der Waals surface area contributed by atoms with Crippen molar-refractivity contribution in [3.05, 3.63) is 41.5 Å². The lowest BCUT2D eigenvalue weighted by molar-refractivity contribution is 0.913. The molecule has 1 heterocycles. The molecule has 0 saturated heterocycles. The number of guanidine groups is 1. The maximum atomic E-state index is 5.84. The summed E-state index contributed by atoms with van der Waals surface area (Å²) in [5.74, 6) is 1.87. The van der Waals surface area contributed by atoms with Gasteiger partial charge >= 0.3 is 0 Å². The van der Waals surface area contributed by atoms with Gasteiger partial charge in [-0.3, -0.25) is 5.10 Å². The highest BCUT2D eigenvalue weighted by Crippen LogP contribution is 2.09. The lowest BCUT2D eigenvalue weighted by Crippen LogP contribution is -2.22. The van der Waals surface area contributed by atoms with Gasteiger partial charge < -0.3 is 11.1 Å². The molecule has 20 heavy (non-hydrogen) atoms. The molecule has 0 bridgehead atoms. The molecule has 1 aromatic heterocycles. The Morgan fingerprint density at radius 3 is 2.60 bits per heavy atom. The average molecular weight is 272 g/mol. The van der Waals surface area contributed by atoms with E-state index in [1.807, 2.05) is 19.1 Å². The Balaban J connectivity index is 1.92. The molecule has 6 nitrogen and oxygen atoms in total. The molecule has 2 rings (SSSR count). The van der Waals surface area contributed by atoms with E-state index >= 15 is 0 Å². The number of aromatic nitrogens is 3. The van der Waals surface area contributed by atoms with Gasteiger partial charge in [0.05, 0.1) is 0 Å². The van der Waals surface area contributed by atoms with E-state index in [1.54, 1.807) is 0 Å². The van der Waals surface area contributed by atoms with Crippen LogP contribution in [0.4, 0.5) is 5.69 Å². The van der Waals surface area contributed by atoms with Crippen LogP contribution in [0.2, 0.25) is 0 Å². The zero-order chi connectivity index (χ0) is 14.4. The van der Waals surface area contributed by atoms with Gasteiger partial charge in [0.1, 0.15) is 12.4 Å². The van der Waals surface area contributed by atoms with E-state index in [-0.39, 0.29) is 0 Å². The first-order chi connectivity index (χ1) is 9.71. The zero-order valence-corrected chi connectivity index (χ0v) is 11.8. The quantitative estimate of drug-likeness (QED) is 0.572. The Bertz CT molecular complexity index is 570. The number of H-pyrrole nitrogens is 1. The minimum atomic E-state index is 0.365. The molecule has 0 unspecified atom stereocenters. The number of nitrogens with two attached hydrogens (primary N) is 1. The number of nitrogens with one attached hydrogen (secondary N) is 2. The number of aromatic amines is 1. The molecule has 4 N–H and O–H groups in total. The van der Waals surface area contributed by atoms with E-state index in [9.17, 15) is 0 Å². The molecule has 0 aliphatic carbocycles. The van der Waals surface area contributed by atoms with Crippen molar-refractivity contribution in [3.8, 4) is 0 Å². The fourth-order valence-corrected chi connectivity index (χ4v) is 1.73. The van der Waals surface area contributed by atoms with Crippen molar-refractivity contribution in [3.63, 3.8) is 0 Å². The molecule has 0 atom stereocenters. The molecule has 0 aliphatic rings. The van der Waals surface area contributed by atoms with Crippen LogP contribution in [0.3, 0.4) is 0 Å². The first-order valence-corrected chi connectivity index (χ1v) is 6.77. The smallest absolute Gasteiger partial charge is 0.193 e. The molecule has 106 valence electrons. The number of anilines is 1. The molecule has 1 aromatic carbocycles. The normalized spacial score (nSPS) is 11.6. The third-order valence-electron chi connectivity index (χ3n) is 2.93. The fraction of sp³-hybridized carbons (Fsp3) is 0.357. The SMILES string of the molecule is CCc1ccc(NC(N)=NCc2nc(CC)n[nH]2)cc1. The number of aryl methyl sites for hydroxylation is 2. The van der Waals surface area contributed by atoms with Crippen molar-refractivity contribution in [2.75, 3.05) is 5.32 Å². The first kappa shape index (κ1) is 14.0. The van der Waals surface area contributed by atoms with Crippen LogP contribution in [-0.4, -0.2) is 21.1 Å². The first-order valence-electron chi connectivity index (χ1n) is 6.77. The summed E-state index contributed by atoms with van der Waals surface area (Å²) in [7, 11) is 0. The molecule has 6 heteroatoms. The van der Waals surface area contributed by atoms with Crippen LogP contribution in [0.5, 0.6) is 0 Å². The summed E-state index contributed by atoms with van der Waals surface area (Å²) in [5.41, 5.74) is 8.06. The van der Waals surface area contributed by atoms with Crippen molar-refractivity contribution in [1.82, 2.24) is 15.2 Å². The third kappa shape index (κ3) is 3.81. The van der Waals surface area contributed by atoms with Crippen LogP contribution in [0.25, 0.3) is 0 Å². The highest BCUT2D eigenvalue weighted by atomic mass is 15.2. The van der Waals surface area contributed by atoms with Crippen LogP contribution < -0.4 is 11.1 Å². The van der Waals surface area contributed by atoms with Gasteiger partial charge in [0, 0.05) is 12.1 Å². The number of rotatable bonds is 5. The summed E-state index contributed by atoms with van der Waals surface area (Å²) in [6, 6.07) is 8.12. The number of aliphatic imine (C=N–C) groups is 1. The van der Waals surface area contributed by atoms with Gasteiger partial charge in [-0.15, -0.1) is 0 Å². The van der Waals surface area contributed by atoms with Gasteiger partial charge in [-0.2, -0.15) is 5.10 Å². The maximum Gasteiger partial charge on any atom is 0.193 e. The maximum absolute atomic E-state index is 5.84. The second-order valence-electron chi connectivity index (χ2n) is 4.43. The molecular weight excluding hydrogens is 252 g/mol. The minimum absolute atomic E-state index is 0.365. The number of hydrogen-bond donors (Lipinski definition) is 3. The average Bonchev–Trinajstić information content (AvgIpc) is 2.94. The van der Waals surface area contributed by atoms with E-state index in [1.165, 1.54) is 5.56 Å². The van der Waals surface area contributed by atoms with E-state index in [0.29, 0.717) is 18.3 Å². The third-order valence-corrected chi connectivity index (χ3v) is 2.93. The Morgan fingerprint density at radius 2 is 2.00 bits per heavy atom. The van der Waals surface area contributed by atoms with Gasteiger partial charge in [0.25, 0.3) is 0 Å². The van der Waals surface area contributed by atoms with E-state index < -0.39 is 0 Å². The Hall–Kier alpha value is -2.37. The Morgan fingerprint density at radius 1 is 1.25 bits per heavy atom. The van der Waals surface area contributed by atoms with Crippen LogP contribution in [0.1, 0.15) is 31.1 Å². The molecule has 0 radical (unpaired) electrons. The van der Waals surface area contributed by atoms with Crippen LogP contribution in [-0.2, 0) is 19.4 Å².